The van der Waals surface area contributed by atoms with Gasteiger partial charge in [-0.15, -0.1) is 0 Å². The Kier molecular flexibility index (Phi) is 4.92. The standard InChI is InChI=1S/C22H23ClN2O7/c1-7-4-11(23)9-5-8-6-10-15(25(2)3)18(28)14(21(24)31)20(30)22(10,32)19(29)12(8)17(27)13(9)16(7)26/h4,8,10,15,26-27,30,32H,5-6H2,1-3H3,(H2,24,31)/t8-,10-,15-,22-/m0/s1. The minimum absolute atomic E-state index is 0.00807. The summed E-state index contributed by atoms with van der Waals surface area (Å²) in [6, 6.07) is 0.435. The Balaban J connectivity index is 2.00. The molecule has 1 saturated carbocycles. The monoisotopic (exact) mass is 462 g/mol. The Morgan fingerprint density at radius 2 is 1.88 bits per heavy atom. The van der Waals surface area contributed by atoms with Crippen LogP contribution in [0.2, 0.25) is 5.02 Å². The maximum Gasteiger partial charge on any atom is 0.255 e. The molecule has 0 spiro atoms. The summed E-state index contributed by atoms with van der Waals surface area (Å²) in [7, 11) is 3.09. The van der Waals surface area contributed by atoms with Crippen LogP contribution in [0.25, 0.3) is 5.76 Å². The summed E-state index contributed by atoms with van der Waals surface area (Å²) < 4.78 is 0. The molecule has 6 N–H and O–H groups in total. The van der Waals surface area contributed by atoms with Crippen molar-refractivity contribution < 1.29 is 34.8 Å². The molecule has 0 radical (unpaired) electrons. The van der Waals surface area contributed by atoms with Gasteiger partial charge in [-0.2, -0.15) is 0 Å². The molecule has 0 aromatic heterocycles. The lowest BCUT2D eigenvalue weighted by Crippen LogP contribution is -2.65. The third-order valence-corrected chi connectivity index (χ3v) is 7.19. The molecule has 1 amide bonds. The van der Waals surface area contributed by atoms with E-state index in [-0.39, 0.29) is 29.7 Å². The highest BCUT2D eigenvalue weighted by molar-refractivity contribution is 6.32. The fourth-order valence-corrected chi connectivity index (χ4v) is 5.73. The van der Waals surface area contributed by atoms with Crippen molar-refractivity contribution in [2.45, 2.75) is 31.4 Å². The third-order valence-electron chi connectivity index (χ3n) is 6.86. The fourth-order valence-electron chi connectivity index (χ4n) is 5.39. The van der Waals surface area contributed by atoms with Crippen molar-refractivity contribution in [3.05, 3.63) is 44.7 Å². The molecule has 170 valence electrons. The lowest BCUT2D eigenvalue weighted by atomic mass is 9.57. The summed E-state index contributed by atoms with van der Waals surface area (Å²) in [5, 5.41) is 44.1. The van der Waals surface area contributed by atoms with Crippen LogP contribution in [0, 0.1) is 18.8 Å². The van der Waals surface area contributed by atoms with E-state index in [0.717, 1.165) is 0 Å². The van der Waals surface area contributed by atoms with E-state index >= 15 is 0 Å². The van der Waals surface area contributed by atoms with Crippen LogP contribution in [-0.2, 0) is 20.8 Å². The molecule has 1 aromatic carbocycles. The smallest absolute Gasteiger partial charge is 0.255 e. The van der Waals surface area contributed by atoms with Crippen molar-refractivity contribution >= 4 is 34.8 Å². The normalized spacial score (nSPS) is 29.8. The van der Waals surface area contributed by atoms with E-state index in [4.69, 9.17) is 17.3 Å². The van der Waals surface area contributed by atoms with Gasteiger partial charge in [0, 0.05) is 16.5 Å². The van der Waals surface area contributed by atoms with Gasteiger partial charge in [0.05, 0.1) is 11.6 Å². The average molecular weight is 463 g/mol. The number of aliphatic hydroxyl groups is 3. The Morgan fingerprint density at radius 3 is 2.44 bits per heavy atom. The third kappa shape index (κ3) is 2.68. The number of nitrogens with two attached hydrogens (primary N) is 1. The summed E-state index contributed by atoms with van der Waals surface area (Å²) >= 11 is 6.36. The van der Waals surface area contributed by atoms with E-state index in [0.29, 0.717) is 16.1 Å². The minimum atomic E-state index is -2.65. The first-order valence-corrected chi connectivity index (χ1v) is 10.4. The van der Waals surface area contributed by atoms with E-state index in [9.17, 15) is 34.8 Å². The summed E-state index contributed by atoms with van der Waals surface area (Å²) in [5.41, 5.74) is 2.42. The van der Waals surface area contributed by atoms with Gasteiger partial charge in [0.1, 0.15) is 22.8 Å². The maximum absolute atomic E-state index is 13.6. The number of ketones is 2. The second kappa shape index (κ2) is 7.06. The van der Waals surface area contributed by atoms with Gasteiger partial charge in [-0.25, -0.2) is 0 Å². The quantitative estimate of drug-likeness (QED) is 0.405. The number of hydrogen-bond acceptors (Lipinski definition) is 8. The molecule has 1 aromatic rings. The van der Waals surface area contributed by atoms with Crippen LogP contribution in [-0.4, -0.2) is 68.5 Å². The number of phenolic OH excluding ortho intramolecular Hbond substituents is 1. The molecule has 3 aliphatic carbocycles. The number of fused-ring (bicyclic) bond motifs is 3. The van der Waals surface area contributed by atoms with Crippen molar-refractivity contribution in [3.63, 3.8) is 0 Å². The summed E-state index contributed by atoms with van der Waals surface area (Å²) in [4.78, 5) is 40.0. The molecular weight excluding hydrogens is 440 g/mol. The SMILES string of the molecule is Cc1cc(Cl)c2c(c1O)C(O)=C1C(=O)[C@]3(O)C(O)=C(C(N)=O)C(=O)[C@@H](N(C)C)[C@@H]3C[C@@H]1C2. The van der Waals surface area contributed by atoms with Gasteiger partial charge in [0.2, 0.25) is 5.78 Å². The number of hydrogen-bond donors (Lipinski definition) is 5. The summed E-state index contributed by atoms with van der Waals surface area (Å²) in [6.45, 7) is 1.58. The van der Waals surface area contributed by atoms with E-state index in [2.05, 4.69) is 0 Å². The van der Waals surface area contributed by atoms with Crippen molar-refractivity contribution in [1.82, 2.24) is 4.90 Å². The molecule has 4 atom stereocenters. The van der Waals surface area contributed by atoms with Crippen molar-refractivity contribution in [3.8, 4) is 5.75 Å². The molecule has 32 heavy (non-hydrogen) atoms. The Hall–Kier alpha value is -2.88. The topological polar surface area (TPSA) is 161 Å². The molecule has 0 unspecified atom stereocenters. The number of benzene rings is 1. The molecule has 1 fully saturated rings. The molecule has 0 heterocycles. The zero-order chi connectivity index (χ0) is 23.9. The number of Topliss-reactive ketones (excluding diaryl/α,β-unsaturated/α-hetero) is 2. The van der Waals surface area contributed by atoms with Gasteiger partial charge >= 0.3 is 0 Å². The number of aromatic hydroxyl groups is 1. The highest BCUT2D eigenvalue weighted by Gasteiger charge is 2.64. The molecular formula is C22H23ClN2O7. The van der Waals surface area contributed by atoms with Crippen LogP contribution >= 0.6 is 11.6 Å². The first-order chi connectivity index (χ1) is 14.8. The Labute approximate surface area is 188 Å². The van der Waals surface area contributed by atoms with E-state index in [1.165, 1.54) is 4.90 Å². The van der Waals surface area contributed by atoms with E-state index < -0.39 is 58.0 Å². The van der Waals surface area contributed by atoms with Gasteiger partial charge in [0.15, 0.2) is 11.4 Å². The number of carbonyl (C=O) groups excluding carboxylic acids is 3. The summed E-state index contributed by atoms with van der Waals surface area (Å²) in [6.07, 6.45) is 0.192. The zero-order valence-corrected chi connectivity index (χ0v) is 18.4. The minimum Gasteiger partial charge on any atom is -0.508 e. The number of aliphatic hydroxyl groups excluding tert-OH is 2. The number of primary amides is 1. The number of nitrogens with zero attached hydrogens (tertiary/aromatic N) is 1. The predicted molar refractivity (Wildman–Crippen MR) is 114 cm³/mol. The van der Waals surface area contributed by atoms with Crippen LogP contribution in [0.4, 0.5) is 0 Å². The molecule has 3 aliphatic rings. The van der Waals surface area contributed by atoms with Crippen molar-refractivity contribution in [2.24, 2.45) is 17.6 Å². The first kappa shape index (κ1) is 22.3. The highest BCUT2D eigenvalue weighted by Crippen LogP contribution is 2.53. The zero-order valence-electron chi connectivity index (χ0n) is 17.6. The van der Waals surface area contributed by atoms with Crippen LogP contribution in [0.3, 0.4) is 0 Å². The maximum atomic E-state index is 13.6. The Bertz CT molecular complexity index is 1170. The number of amides is 1. The number of rotatable bonds is 2. The second-order valence-corrected chi connectivity index (χ2v) is 9.25. The van der Waals surface area contributed by atoms with Crippen LogP contribution in [0.1, 0.15) is 23.1 Å². The van der Waals surface area contributed by atoms with Crippen LogP contribution < -0.4 is 5.73 Å². The van der Waals surface area contributed by atoms with Gasteiger partial charge in [-0.05, 0) is 57.0 Å². The average Bonchev–Trinajstić information content (AvgIpc) is 2.68. The predicted octanol–water partition coefficient (Wildman–Crippen LogP) is 0.926. The molecule has 0 saturated heterocycles. The lowest BCUT2D eigenvalue weighted by Gasteiger charge is -2.50. The molecule has 0 bridgehead atoms. The summed E-state index contributed by atoms with van der Waals surface area (Å²) in [5.74, 6) is -6.77. The molecule has 4 rings (SSSR count). The van der Waals surface area contributed by atoms with Gasteiger partial charge in [-0.1, -0.05) is 11.6 Å². The Morgan fingerprint density at radius 1 is 1.25 bits per heavy atom. The van der Waals surface area contributed by atoms with E-state index in [1.807, 2.05) is 0 Å². The number of carbonyl (C=O) groups is 3. The number of likely N-dealkylation sites (N-methyl/N-ethyl adjacent to an activating group) is 1. The van der Waals surface area contributed by atoms with Crippen LogP contribution in [0.5, 0.6) is 5.75 Å². The van der Waals surface area contributed by atoms with Gasteiger partial charge in [0.25, 0.3) is 5.91 Å². The van der Waals surface area contributed by atoms with Crippen molar-refractivity contribution in [2.75, 3.05) is 14.1 Å². The number of halogens is 1. The fraction of sp³-hybridized carbons (Fsp3) is 0.409. The number of phenols is 1. The molecule has 9 nitrogen and oxygen atoms in total. The lowest BCUT2D eigenvalue weighted by molar-refractivity contribution is -0.153. The van der Waals surface area contributed by atoms with Gasteiger partial charge < -0.3 is 26.2 Å². The first-order valence-electron chi connectivity index (χ1n) is 9.99. The van der Waals surface area contributed by atoms with Gasteiger partial charge in [-0.3, -0.25) is 19.3 Å². The van der Waals surface area contributed by atoms with E-state index in [1.54, 1.807) is 27.1 Å². The largest absolute Gasteiger partial charge is 0.508 e. The van der Waals surface area contributed by atoms with Crippen molar-refractivity contribution in [1.29, 1.82) is 0 Å². The number of aryl methyl sites for hydroxylation is 1. The molecule has 10 heteroatoms. The second-order valence-electron chi connectivity index (χ2n) is 8.84. The van der Waals surface area contributed by atoms with Crippen LogP contribution in [0.15, 0.2) is 23.0 Å². The molecule has 0 aliphatic heterocycles. The highest BCUT2D eigenvalue weighted by atomic mass is 35.5.